The molecule has 0 saturated carbocycles. The highest BCUT2D eigenvalue weighted by Crippen LogP contribution is 2.30. The Kier molecular flexibility index (Phi) is 4.22. The van der Waals surface area contributed by atoms with Gasteiger partial charge in [-0.2, -0.15) is 5.26 Å². The number of benzene rings is 1. The first-order chi connectivity index (χ1) is 8.06. The number of ether oxygens (including phenoxy) is 1. The van der Waals surface area contributed by atoms with E-state index in [0.29, 0.717) is 0 Å². The van der Waals surface area contributed by atoms with Crippen LogP contribution in [-0.4, -0.2) is 12.6 Å². The minimum Gasteiger partial charge on any atom is -0.465 e. The lowest BCUT2D eigenvalue weighted by atomic mass is 9.79. The molecule has 0 saturated heterocycles. The molecule has 0 aromatic heterocycles. The van der Waals surface area contributed by atoms with Crippen molar-refractivity contribution in [3.05, 3.63) is 35.6 Å². The molecule has 0 heterocycles. The molecular formula is C13H14FNO2. The fourth-order valence-electron chi connectivity index (χ4n) is 1.63. The molecule has 1 rings (SSSR count). The van der Waals surface area contributed by atoms with Crippen molar-refractivity contribution in [1.29, 1.82) is 5.26 Å². The molecule has 0 bridgehead atoms. The number of halogens is 1. The summed E-state index contributed by atoms with van der Waals surface area (Å²) in [6, 6.07) is 7.85. The van der Waals surface area contributed by atoms with Gasteiger partial charge in [-0.1, -0.05) is 18.2 Å². The number of esters is 1. The summed E-state index contributed by atoms with van der Waals surface area (Å²) in [5.41, 5.74) is -1.06. The van der Waals surface area contributed by atoms with E-state index in [4.69, 9.17) is 10.00 Å². The van der Waals surface area contributed by atoms with Crippen LogP contribution in [0.2, 0.25) is 0 Å². The molecule has 0 fully saturated rings. The first-order valence-electron chi connectivity index (χ1n) is 5.35. The van der Waals surface area contributed by atoms with Gasteiger partial charge in [0.05, 0.1) is 19.1 Å². The van der Waals surface area contributed by atoms with Crippen LogP contribution in [0.5, 0.6) is 0 Å². The third kappa shape index (κ3) is 2.62. The SMILES string of the molecule is CCOC(=O)C(C)(CC#N)c1ccccc1F. The smallest absolute Gasteiger partial charge is 0.317 e. The maximum Gasteiger partial charge on any atom is 0.317 e. The lowest BCUT2D eigenvalue weighted by Gasteiger charge is -2.25. The highest BCUT2D eigenvalue weighted by atomic mass is 19.1. The summed E-state index contributed by atoms with van der Waals surface area (Å²) in [6.07, 6.45) is -0.118. The fourth-order valence-corrected chi connectivity index (χ4v) is 1.63. The standard InChI is InChI=1S/C13H14FNO2/c1-3-17-12(16)13(2,8-9-15)10-6-4-5-7-11(10)14/h4-7H,3,8H2,1-2H3. The van der Waals surface area contributed by atoms with Crippen molar-refractivity contribution in [3.8, 4) is 6.07 Å². The number of nitrogens with zero attached hydrogens (tertiary/aromatic N) is 1. The Bertz CT molecular complexity index is 453. The second-order valence-electron chi connectivity index (χ2n) is 3.87. The Hall–Kier alpha value is -1.89. The molecule has 0 N–H and O–H groups in total. The average molecular weight is 235 g/mol. The van der Waals surface area contributed by atoms with Crippen LogP contribution in [0.4, 0.5) is 4.39 Å². The average Bonchev–Trinajstić information content (AvgIpc) is 2.30. The van der Waals surface area contributed by atoms with Gasteiger partial charge in [-0.15, -0.1) is 0 Å². The zero-order valence-electron chi connectivity index (χ0n) is 9.87. The molecule has 0 radical (unpaired) electrons. The highest BCUT2D eigenvalue weighted by molar-refractivity contribution is 5.83. The lowest BCUT2D eigenvalue weighted by molar-refractivity contribution is -0.149. The Morgan fingerprint density at radius 1 is 1.53 bits per heavy atom. The van der Waals surface area contributed by atoms with Gasteiger partial charge in [-0.25, -0.2) is 4.39 Å². The zero-order chi connectivity index (χ0) is 12.9. The van der Waals surface area contributed by atoms with E-state index < -0.39 is 17.2 Å². The molecule has 17 heavy (non-hydrogen) atoms. The van der Waals surface area contributed by atoms with Gasteiger partial charge in [0.15, 0.2) is 0 Å². The van der Waals surface area contributed by atoms with Crippen LogP contribution in [0.3, 0.4) is 0 Å². The first kappa shape index (κ1) is 13.2. The molecule has 1 atom stereocenters. The second-order valence-corrected chi connectivity index (χ2v) is 3.87. The summed E-state index contributed by atoms with van der Waals surface area (Å²) in [5, 5.41) is 8.79. The monoisotopic (exact) mass is 235 g/mol. The van der Waals surface area contributed by atoms with E-state index in [1.54, 1.807) is 13.0 Å². The molecule has 3 nitrogen and oxygen atoms in total. The van der Waals surface area contributed by atoms with E-state index in [1.807, 2.05) is 6.07 Å². The van der Waals surface area contributed by atoms with E-state index in [2.05, 4.69) is 0 Å². The number of rotatable bonds is 4. The topological polar surface area (TPSA) is 50.1 Å². The van der Waals surface area contributed by atoms with Gasteiger partial charge in [0.2, 0.25) is 0 Å². The van der Waals surface area contributed by atoms with Gasteiger partial charge in [-0.05, 0) is 19.9 Å². The van der Waals surface area contributed by atoms with Gasteiger partial charge in [-0.3, -0.25) is 4.79 Å². The Balaban J connectivity index is 3.21. The van der Waals surface area contributed by atoms with Gasteiger partial charge in [0.1, 0.15) is 11.2 Å². The molecule has 0 aliphatic heterocycles. The number of carbonyl (C=O) groups excluding carboxylic acids is 1. The minimum absolute atomic E-state index is 0.118. The normalized spacial score (nSPS) is 13.5. The van der Waals surface area contributed by atoms with Gasteiger partial charge >= 0.3 is 5.97 Å². The van der Waals surface area contributed by atoms with E-state index in [9.17, 15) is 9.18 Å². The van der Waals surface area contributed by atoms with Crippen LogP contribution in [0, 0.1) is 17.1 Å². The number of nitriles is 1. The first-order valence-corrected chi connectivity index (χ1v) is 5.35. The van der Waals surface area contributed by atoms with E-state index in [-0.39, 0.29) is 18.6 Å². The lowest BCUT2D eigenvalue weighted by Crippen LogP contribution is -2.35. The van der Waals surface area contributed by atoms with Gasteiger partial charge in [0, 0.05) is 5.56 Å². The maximum absolute atomic E-state index is 13.7. The van der Waals surface area contributed by atoms with E-state index in [0.717, 1.165) is 0 Å². The molecule has 0 aliphatic rings. The molecule has 1 aromatic rings. The summed E-state index contributed by atoms with van der Waals surface area (Å²) in [7, 11) is 0. The maximum atomic E-state index is 13.7. The van der Waals surface area contributed by atoms with Crippen molar-refractivity contribution in [2.24, 2.45) is 0 Å². The molecule has 4 heteroatoms. The molecule has 1 unspecified atom stereocenters. The minimum atomic E-state index is -1.25. The van der Waals surface area contributed by atoms with Crippen LogP contribution in [0.1, 0.15) is 25.8 Å². The zero-order valence-corrected chi connectivity index (χ0v) is 9.87. The van der Waals surface area contributed by atoms with E-state index in [1.165, 1.54) is 25.1 Å². The number of hydrogen-bond acceptors (Lipinski definition) is 3. The Labute approximate surface area is 99.8 Å². The van der Waals surface area contributed by atoms with Crippen molar-refractivity contribution in [2.45, 2.75) is 25.7 Å². The van der Waals surface area contributed by atoms with Gasteiger partial charge < -0.3 is 4.74 Å². The summed E-state index contributed by atoms with van der Waals surface area (Å²) >= 11 is 0. The predicted octanol–water partition coefficient (Wildman–Crippen LogP) is 2.56. The number of carbonyl (C=O) groups is 1. The van der Waals surface area contributed by atoms with Crippen LogP contribution >= 0.6 is 0 Å². The number of hydrogen-bond donors (Lipinski definition) is 0. The third-order valence-electron chi connectivity index (χ3n) is 2.63. The summed E-state index contributed by atoms with van der Waals surface area (Å²) in [4.78, 5) is 11.9. The summed E-state index contributed by atoms with van der Waals surface area (Å²) < 4.78 is 18.6. The highest BCUT2D eigenvalue weighted by Gasteiger charge is 2.38. The van der Waals surface area contributed by atoms with E-state index >= 15 is 0 Å². The molecular weight excluding hydrogens is 221 g/mol. The second kappa shape index (κ2) is 5.44. The van der Waals surface area contributed by atoms with Crippen molar-refractivity contribution in [2.75, 3.05) is 6.61 Å². The molecule has 1 aromatic carbocycles. The molecule has 0 amide bonds. The summed E-state index contributed by atoms with van der Waals surface area (Å²) in [6.45, 7) is 3.40. The van der Waals surface area contributed by atoms with Crippen molar-refractivity contribution in [1.82, 2.24) is 0 Å². The van der Waals surface area contributed by atoms with Crippen molar-refractivity contribution < 1.29 is 13.9 Å². The molecule has 90 valence electrons. The Morgan fingerprint density at radius 2 is 2.18 bits per heavy atom. The van der Waals surface area contributed by atoms with Crippen LogP contribution in [-0.2, 0) is 14.9 Å². The Morgan fingerprint density at radius 3 is 2.71 bits per heavy atom. The largest absolute Gasteiger partial charge is 0.465 e. The van der Waals surface area contributed by atoms with Gasteiger partial charge in [0.25, 0.3) is 0 Å². The molecule has 0 aliphatic carbocycles. The van der Waals surface area contributed by atoms with Crippen molar-refractivity contribution >= 4 is 5.97 Å². The van der Waals surface area contributed by atoms with Crippen molar-refractivity contribution in [3.63, 3.8) is 0 Å². The van der Waals surface area contributed by atoms with Crippen LogP contribution in [0.15, 0.2) is 24.3 Å². The predicted molar refractivity (Wildman–Crippen MR) is 60.6 cm³/mol. The fraction of sp³-hybridized carbons (Fsp3) is 0.385. The molecule has 0 spiro atoms. The van der Waals surface area contributed by atoms with Crippen LogP contribution in [0.25, 0.3) is 0 Å². The van der Waals surface area contributed by atoms with Crippen LogP contribution < -0.4 is 0 Å². The summed E-state index contributed by atoms with van der Waals surface area (Å²) in [5.74, 6) is -1.08. The third-order valence-corrected chi connectivity index (χ3v) is 2.63. The quantitative estimate of drug-likeness (QED) is 0.753.